The zero-order chi connectivity index (χ0) is 14.1. The van der Waals surface area contributed by atoms with Gasteiger partial charge in [0.1, 0.15) is 5.78 Å². The lowest BCUT2D eigenvalue weighted by molar-refractivity contribution is -0.127. The Kier molecular flexibility index (Phi) is 4.39. The molecule has 0 aromatic heterocycles. The normalized spacial score (nSPS) is 30.7. The van der Waals surface area contributed by atoms with Gasteiger partial charge in [-0.25, -0.2) is 0 Å². The summed E-state index contributed by atoms with van der Waals surface area (Å²) in [6.45, 7) is 12.7. The van der Waals surface area contributed by atoms with Crippen molar-refractivity contribution in [1.29, 1.82) is 0 Å². The first-order valence-corrected chi connectivity index (χ1v) is 8.15. The Bertz CT molecular complexity index is 330. The first kappa shape index (κ1) is 15.0. The number of hydrogen-bond donors (Lipinski definition) is 0. The van der Waals surface area contributed by atoms with E-state index in [1.807, 2.05) is 0 Å². The summed E-state index contributed by atoms with van der Waals surface area (Å²) in [6, 6.07) is 0. The van der Waals surface area contributed by atoms with E-state index < -0.39 is 0 Å². The summed E-state index contributed by atoms with van der Waals surface area (Å²) >= 11 is 0. The number of hydrogen-bond acceptors (Lipinski definition) is 2. The van der Waals surface area contributed by atoms with E-state index in [0.29, 0.717) is 22.5 Å². The van der Waals surface area contributed by atoms with Crippen molar-refractivity contribution in [2.45, 2.75) is 66.2 Å². The van der Waals surface area contributed by atoms with E-state index in [1.54, 1.807) is 0 Å². The molecule has 0 radical (unpaired) electrons. The van der Waals surface area contributed by atoms with E-state index in [9.17, 15) is 4.79 Å². The van der Waals surface area contributed by atoms with Crippen LogP contribution in [0.15, 0.2) is 0 Å². The Morgan fingerprint density at radius 2 is 1.89 bits per heavy atom. The van der Waals surface area contributed by atoms with Gasteiger partial charge in [-0.2, -0.15) is 0 Å². The van der Waals surface area contributed by atoms with Crippen LogP contribution in [0, 0.1) is 16.7 Å². The van der Waals surface area contributed by atoms with Crippen molar-refractivity contribution in [3.05, 3.63) is 0 Å². The van der Waals surface area contributed by atoms with Gasteiger partial charge in [-0.15, -0.1) is 0 Å². The summed E-state index contributed by atoms with van der Waals surface area (Å²) in [5.74, 6) is 0.818. The molecule has 1 saturated carbocycles. The lowest BCUT2D eigenvalue weighted by atomic mass is 9.71. The number of likely N-dealkylation sites (tertiary alicyclic amines) is 1. The Hall–Kier alpha value is -0.370. The van der Waals surface area contributed by atoms with Crippen LogP contribution in [-0.2, 0) is 4.79 Å². The predicted octanol–water partition coefficient (Wildman–Crippen LogP) is 3.89. The third-order valence-corrected chi connectivity index (χ3v) is 5.80. The van der Waals surface area contributed by atoms with Crippen LogP contribution in [0.2, 0.25) is 0 Å². The van der Waals surface area contributed by atoms with Gasteiger partial charge >= 0.3 is 0 Å². The quantitative estimate of drug-likeness (QED) is 0.768. The number of ketones is 1. The zero-order valence-corrected chi connectivity index (χ0v) is 13.3. The molecule has 2 rings (SSSR count). The summed E-state index contributed by atoms with van der Waals surface area (Å²) in [7, 11) is 0. The van der Waals surface area contributed by atoms with Gasteiger partial charge in [0.15, 0.2) is 0 Å². The SMILES string of the molecule is CCC1(CC)CCN(CC2CC(C)(C)CCC2=O)C1. The first-order chi connectivity index (χ1) is 8.90. The van der Waals surface area contributed by atoms with E-state index >= 15 is 0 Å². The van der Waals surface area contributed by atoms with Crippen molar-refractivity contribution in [2.24, 2.45) is 16.7 Å². The molecule has 1 heterocycles. The number of carbonyl (C=O) groups is 1. The third kappa shape index (κ3) is 3.39. The van der Waals surface area contributed by atoms with Gasteiger partial charge in [-0.1, -0.05) is 27.7 Å². The van der Waals surface area contributed by atoms with Crippen molar-refractivity contribution in [1.82, 2.24) is 4.90 Å². The maximum atomic E-state index is 12.1. The molecule has 1 saturated heterocycles. The summed E-state index contributed by atoms with van der Waals surface area (Å²) < 4.78 is 0. The molecule has 0 spiro atoms. The van der Waals surface area contributed by atoms with E-state index in [0.717, 1.165) is 25.8 Å². The number of Topliss-reactive ketones (excluding diaryl/α,β-unsaturated/α-hetero) is 1. The predicted molar refractivity (Wildman–Crippen MR) is 80.2 cm³/mol. The second kappa shape index (κ2) is 5.55. The Morgan fingerprint density at radius 1 is 1.21 bits per heavy atom. The molecule has 2 aliphatic rings. The van der Waals surface area contributed by atoms with Crippen LogP contribution in [0.25, 0.3) is 0 Å². The van der Waals surface area contributed by atoms with Crippen LogP contribution in [0.4, 0.5) is 0 Å². The molecule has 19 heavy (non-hydrogen) atoms. The van der Waals surface area contributed by atoms with E-state index in [-0.39, 0.29) is 0 Å². The van der Waals surface area contributed by atoms with Crippen molar-refractivity contribution in [3.8, 4) is 0 Å². The molecule has 0 aromatic rings. The number of rotatable bonds is 4. The summed E-state index contributed by atoms with van der Waals surface area (Å²) in [6.07, 6.45) is 6.86. The molecule has 0 amide bonds. The average Bonchev–Trinajstić information content (AvgIpc) is 2.78. The van der Waals surface area contributed by atoms with Gasteiger partial charge in [0.2, 0.25) is 0 Å². The first-order valence-electron chi connectivity index (χ1n) is 8.15. The lowest BCUT2D eigenvalue weighted by Gasteiger charge is -2.36. The van der Waals surface area contributed by atoms with Gasteiger partial charge in [0, 0.05) is 25.4 Å². The summed E-state index contributed by atoms with van der Waals surface area (Å²) in [5, 5.41) is 0. The Balaban J connectivity index is 1.93. The van der Waals surface area contributed by atoms with Gasteiger partial charge in [-0.05, 0) is 49.5 Å². The molecule has 2 nitrogen and oxygen atoms in total. The van der Waals surface area contributed by atoms with Gasteiger partial charge in [0.25, 0.3) is 0 Å². The Morgan fingerprint density at radius 3 is 2.47 bits per heavy atom. The standard InChI is InChI=1S/C17H31NO/c1-5-17(6-2)9-10-18(13-17)12-14-11-16(3,4)8-7-15(14)19/h14H,5-13H2,1-4H3. The fourth-order valence-electron chi connectivity index (χ4n) is 4.04. The smallest absolute Gasteiger partial charge is 0.137 e. The molecule has 1 aliphatic carbocycles. The number of nitrogens with zero attached hydrogens (tertiary/aromatic N) is 1. The minimum Gasteiger partial charge on any atom is -0.302 e. The molecule has 1 atom stereocenters. The average molecular weight is 265 g/mol. The third-order valence-electron chi connectivity index (χ3n) is 5.80. The molecule has 2 fully saturated rings. The topological polar surface area (TPSA) is 20.3 Å². The van der Waals surface area contributed by atoms with Crippen molar-refractivity contribution >= 4 is 5.78 Å². The highest BCUT2D eigenvalue weighted by atomic mass is 16.1. The molecule has 110 valence electrons. The van der Waals surface area contributed by atoms with Crippen LogP contribution in [0.1, 0.15) is 66.2 Å². The second-order valence-corrected chi connectivity index (χ2v) is 7.72. The second-order valence-electron chi connectivity index (χ2n) is 7.72. The molecule has 0 aromatic carbocycles. The largest absolute Gasteiger partial charge is 0.302 e. The maximum absolute atomic E-state index is 12.1. The van der Waals surface area contributed by atoms with Crippen molar-refractivity contribution in [3.63, 3.8) is 0 Å². The van der Waals surface area contributed by atoms with Gasteiger partial charge in [0.05, 0.1) is 0 Å². The molecular formula is C17H31NO. The maximum Gasteiger partial charge on any atom is 0.137 e. The van der Waals surface area contributed by atoms with Crippen LogP contribution in [-0.4, -0.2) is 30.3 Å². The van der Waals surface area contributed by atoms with Gasteiger partial charge < -0.3 is 4.90 Å². The highest BCUT2D eigenvalue weighted by molar-refractivity contribution is 5.82. The molecule has 1 aliphatic heterocycles. The number of carbonyl (C=O) groups excluding carboxylic acids is 1. The monoisotopic (exact) mass is 265 g/mol. The fraction of sp³-hybridized carbons (Fsp3) is 0.941. The van der Waals surface area contributed by atoms with Crippen molar-refractivity contribution in [2.75, 3.05) is 19.6 Å². The lowest BCUT2D eigenvalue weighted by Crippen LogP contribution is -2.38. The van der Waals surface area contributed by atoms with Crippen molar-refractivity contribution < 1.29 is 4.79 Å². The van der Waals surface area contributed by atoms with Gasteiger partial charge in [-0.3, -0.25) is 4.79 Å². The van der Waals surface area contributed by atoms with Crippen LogP contribution >= 0.6 is 0 Å². The minimum absolute atomic E-state index is 0.299. The minimum atomic E-state index is 0.299. The van der Waals surface area contributed by atoms with Crippen LogP contribution in [0.5, 0.6) is 0 Å². The summed E-state index contributed by atoms with van der Waals surface area (Å²) in [5.41, 5.74) is 0.901. The fourth-order valence-corrected chi connectivity index (χ4v) is 4.04. The van der Waals surface area contributed by atoms with Crippen LogP contribution < -0.4 is 0 Å². The zero-order valence-electron chi connectivity index (χ0n) is 13.3. The highest BCUT2D eigenvalue weighted by Crippen LogP contribution is 2.40. The highest BCUT2D eigenvalue weighted by Gasteiger charge is 2.39. The van der Waals surface area contributed by atoms with E-state index in [4.69, 9.17) is 0 Å². The van der Waals surface area contributed by atoms with E-state index in [2.05, 4.69) is 32.6 Å². The molecule has 1 unspecified atom stereocenters. The molecule has 0 bridgehead atoms. The molecule has 2 heteroatoms. The van der Waals surface area contributed by atoms with E-state index in [1.165, 1.54) is 32.4 Å². The van der Waals surface area contributed by atoms with Crippen LogP contribution in [0.3, 0.4) is 0 Å². The molecule has 0 N–H and O–H groups in total. The summed E-state index contributed by atoms with van der Waals surface area (Å²) in [4.78, 5) is 14.7. The Labute approximate surface area is 118 Å². The molecular weight excluding hydrogens is 234 g/mol.